The van der Waals surface area contributed by atoms with E-state index in [1.165, 1.54) is 35.1 Å². The first-order valence-corrected chi connectivity index (χ1v) is 7.14. The smallest absolute Gasteiger partial charge is 0.0428 e. The van der Waals surface area contributed by atoms with E-state index >= 15 is 0 Å². The number of benzene rings is 1. The molecule has 16 heavy (non-hydrogen) atoms. The molecule has 0 saturated carbocycles. The van der Waals surface area contributed by atoms with E-state index in [2.05, 4.69) is 62.7 Å². The van der Waals surface area contributed by atoms with Gasteiger partial charge in [-0.2, -0.15) is 0 Å². The fourth-order valence-electron chi connectivity index (χ4n) is 2.56. The Hall–Kier alpha value is -0.300. The van der Waals surface area contributed by atoms with Crippen LogP contribution < -0.4 is 0 Å². The van der Waals surface area contributed by atoms with Gasteiger partial charge in [0.25, 0.3) is 0 Å². The van der Waals surface area contributed by atoms with Crippen LogP contribution in [-0.4, -0.2) is 0 Å². The Morgan fingerprint density at radius 1 is 1.00 bits per heavy atom. The fourth-order valence-corrected chi connectivity index (χ4v) is 4.03. The average molecular weight is 283 g/mol. The lowest BCUT2D eigenvalue weighted by Gasteiger charge is -2.24. The molecule has 0 aliphatic heterocycles. The minimum atomic E-state index is 0.503. The lowest BCUT2D eigenvalue weighted by atomic mass is 9.88. The first-order chi connectivity index (χ1) is 7.51. The minimum absolute atomic E-state index is 0.503. The third-order valence-corrected chi connectivity index (χ3v) is 4.68. The van der Waals surface area contributed by atoms with Crippen molar-refractivity contribution in [1.82, 2.24) is 0 Å². The van der Waals surface area contributed by atoms with E-state index in [1.54, 1.807) is 0 Å². The third kappa shape index (κ3) is 2.88. The van der Waals surface area contributed by atoms with Crippen LogP contribution in [0.3, 0.4) is 0 Å². The van der Waals surface area contributed by atoms with Crippen molar-refractivity contribution >= 4 is 15.9 Å². The summed E-state index contributed by atoms with van der Waals surface area (Å²) in [6.07, 6.45) is 2.47. The highest BCUT2D eigenvalue weighted by Gasteiger charge is 2.20. The van der Waals surface area contributed by atoms with Gasteiger partial charge in [-0.25, -0.2) is 0 Å². The molecule has 0 aliphatic carbocycles. The zero-order valence-corrected chi connectivity index (χ0v) is 12.7. The maximum Gasteiger partial charge on any atom is 0.0428 e. The van der Waals surface area contributed by atoms with Gasteiger partial charge in [0.05, 0.1) is 0 Å². The van der Waals surface area contributed by atoms with Gasteiger partial charge in [-0.3, -0.25) is 0 Å². The zero-order valence-electron chi connectivity index (χ0n) is 11.1. The molecule has 0 aromatic heterocycles. The molecule has 1 heteroatoms. The number of aryl methyl sites for hydroxylation is 3. The van der Waals surface area contributed by atoms with Gasteiger partial charge in [-0.05, 0) is 43.4 Å². The first kappa shape index (κ1) is 13.8. The Morgan fingerprint density at radius 3 is 1.81 bits per heavy atom. The van der Waals surface area contributed by atoms with Crippen LogP contribution >= 0.6 is 15.9 Å². The summed E-state index contributed by atoms with van der Waals surface area (Å²) >= 11 is 3.90. The SMILES string of the molecule is CCC(CC)C(Br)c1c(C)cc(C)cc1C. The van der Waals surface area contributed by atoms with E-state index in [-0.39, 0.29) is 0 Å². The molecule has 0 heterocycles. The highest BCUT2D eigenvalue weighted by Crippen LogP contribution is 2.38. The van der Waals surface area contributed by atoms with Crippen LogP contribution in [-0.2, 0) is 0 Å². The van der Waals surface area contributed by atoms with Crippen molar-refractivity contribution < 1.29 is 0 Å². The molecule has 1 aromatic carbocycles. The van der Waals surface area contributed by atoms with Crippen LogP contribution in [0.15, 0.2) is 12.1 Å². The summed E-state index contributed by atoms with van der Waals surface area (Å²) in [6, 6.07) is 4.58. The molecule has 1 atom stereocenters. The molecule has 0 spiro atoms. The van der Waals surface area contributed by atoms with Gasteiger partial charge in [0, 0.05) is 4.83 Å². The van der Waals surface area contributed by atoms with Crippen LogP contribution in [0.2, 0.25) is 0 Å². The van der Waals surface area contributed by atoms with Crippen molar-refractivity contribution in [2.75, 3.05) is 0 Å². The van der Waals surface area contributed by atoms with Crippen molar-refractivity contribution in [3.8, 4) is 0 Å². The Bertz CT molecular complexity index is 327. The average Bonchev–Trinajstić information content (AvgIpc) is 2.17. The molecule has 0 saturated heterocycles. The summed E-state index contributed by atoms with van der Waals surface area (Å²) in [5.41, 5.74) is 5.71. The Labute approximate surface area is 109 Å². The van der Waals surface area contributed by atoms with Gasteiger partial charge < -0.3 is 0 Å². The van der Waals surface area contributed by atoms with Crippen LogP contribution in [0.1, 0.15) is 53.8 Å². The predicted molar refractivity (Wildman–Crippen MR) is 76.4 cm³/mol. The van der Waals surface area contributed by atoms with Crippen LogP contribution in [0.25, 0.3) is 0 Å². The molecule has 0 fully saturated rings. The summed E-state index contributed by atoms with van der Waals surface area (Å²) in [7, 11) is 0. The van der Waals surface area contributed by atoms with Crippen LogP contribution in [0.5, 0.6) is 0 Å². The second-order valence-corrected chi connectivity index (χ2v) is 5.78. The molecule has 0 amide bonds. The monoisotopic (exact) mass is 282 g/mol. The van der Waals surface area contributed by atoms with E-state index in [0.29, 0.717) is 4.83 Å². The van der Waals surface area contributed by atoms with Gasteiger partial charge in [-0.15, -0.1) is 0 Å². The maximum atomic E-state index is 3.90. The second kappa shape index (κ2) is 5.86. The van der Waals surface area contributed by atoms with E-state index in [4.69, 9.17) is 0 Å². The molecule has 0 radical (unpaired) electrons. The molecule has 1 rings (SSSR count). The van der Waals surface area contributed by atoms with Crippen molar-refractivity contribution in [3.63, 3.8) is 0 Å². The van der Waals surface area contributed by atoms with E-state index in [9.17, 15) is 0 Å². The highest BCUT2D eigenvalue weighted by molar-refractivity contribution is 9.09. The summed E-state index contributed by atoms with van der Waals surface area (Å²) in [6.45, 7) is 11.2. The third-order valence-electron chi connectivity index (χ3n) is 3.48. The minimum Gasteiger partial charge on any atom is -0.0836 e. The second-order valence-electron chi connectivity index (χ2n) is 4.79. The molecule has 1 aromatic rings. The van der Waals surface area contributed by atoms with Gasteiger partial charge in [-0.1, -0.05) is 60.3 Å². The lowest BCUT2D eigenvalue weighted by molar-refractivity contribution is 0.485. The lowest BCUT2D eigenvalue weighted by Crippen LogP contribution is -2.09. The van der Waals surface area contributed by atoms with Crippen molar-refractivity contribution in [2.45, 2.75) is 52.3 Å². The molecular formula is C15H23Br. The maximum absolute atomic E-state index is 3.90. The fraction of sp³-hybridized carbons (Fsp3) is 0.600. The summed E-state index contributed by atoms with van der Waals surface area (Å²) in [5.74, 6) is 0.736. The largest absolute Gasteiger partial charge is 0.0836 e. The van der Waals surface area contributed by atoms with Gasteiger partial charge >= 0.3 is 0 Å². The van der Waals surface area contributed by atoms with Crippen molar-refractivity contribution in [3.05, 3.63) is 34.4 Å². The summed E-state index contributed by atoms with van der Waals surface area (Å²) in [5, 5.41) is 0. The molecule has 0 aliphatic rings. The molecular weight excluding hydrogens is 260 g/mol. The van der Waals surface area contributed by atoms with Crippen LogP contribution in [0, 0.1) is 26.7 Å². The van der Waals surface area contributed by atoms with E-state index < -0.39 is 0 Å². The number of rotatable bonds is 4. The van der Waals surface area contributed by atoms with E-state index in [0.717, 1.165) is 5.92 Å². The molecule has 1 unspecified atom stereocenters. The number of hydrogen-bond acceptors (Lipinski definition) is 0. The standard InChI is InChI=1S/C15H23Br/c1-6-13(7-2)15(16)14-11(4)8-10(3)9-12(14)5/h8-9,13,15H,6-7H2,1-5H3. The van der Waals surface area contributed by atoms with Gasteiger partial charge in [0.2, 0.25) is 0 Å². The molecule has 0 bridgehead atoms. The molecule has 0 nitrogen and oxygen atoms in total. The predicted octanol–water partition coefficient (Wildman–Crippen LogP) is 5.48. The molecule has 90 valence electrons. The normalized spacial score (nSPS) is 13.2. The topological polar surface area (TPSA) is 0 Å². The summed E-state index contributed by atoms with van der Waals surface area (Å²) in [4.78, 5) is 0.503. The zero-order chi connectivity index (χ0) is 12.3. The first-order valence-electron chi connectivity index (χ1n) is 6.23. The van der Waals surface area contributed by atoms with Gasteiger partial charge in [0.1, 0.15) is 0 Å². The number of alkyl halides is 1. The van der Waals surface area contributed by atoms with E-state index in [1.807, 2.05) is 0 Å². The van der Waals surface area contributed by atoms with Gasteiger partial charge in [0.15, 0.2) is 0 Å². The number of hydrogen-bond donors (Lipinski definition) is 0. The Balaban J connectivity index is 3.12. The quantitative estimate of drug-likeness (QED) is 0.641. The number of halogens is 1. The molecule has 0 N–H and O–H groups in total. The van der Waals surface area contributed by atoms with Crippen molar-refractivity contribution in [2.24, 2.45) is 5.92 Å². The Morgan fingerprint density at radius 2 is 1.44 bits per heavy atom. The Kier molecular flexibility index (Phi) is 5.04. The van der Waals surface area contributed by atoms with Crippen LogP contribution in [0.4, 0.5) is 0 Å². The summed E-state index contributed by atoms with van der Waals surface area (Å²) < 4.78 is 0. The van der Waals surface area contributed by atoms with Crippen molar-refractivity contribution in [1.29, 1.82) is 0 Å². The highest BCUT2D eigenvalue weighted by atomic mass is 79.9.